The smallest absolute Gasteiger partial charge is 0.233 e. The first kappa shape index (κ1) is 20.4. The molecule has 0 unspecified atom stereocenters. The van der Waals surface area contributed by atoms with Crippen molar-refractivity contribution in [2.45, 2.75) is 26.4 Å². The molecule has 156 valence electrons. The molecule has 9 nitrogen and oxygen atoms in total. The largest absolute Gasteiger partial charge is 0.393 e. The Bertz CT molecular complexity index is 1190. The van der Waals surface area contributed by atoms with E-state index in [9.17, 15) is 8.42 Å². The Morgan fingerprint density at radius 2 is 2.07 bits per heavy atom. The molecule has 0 atom stereocenters. The van der Waals surface area contributed by atoms with E-state index in [1.807, 2.05) is 26.0 Å². The molecule has 4 heterocycles. The van der Waals surface area contributed by atoms with E-state index in [1.165, 1.54) is 15.6 Å². The summed E-state index contributed by atoms with van der Waals surface area (Å²) in [7, 11) is -3.49. The van der Waals surface area contributed by atoms with Crippen LogP contribution in [0, 0.1) is 0 Å². The van der Waals surface area contributed by atoms with Crippen LogP contribution in [0.4, 0.5) is 5.82 Å². The Morgan fingerprint density at radius 1 is 1.23 bits per heavy atom. The zero-order valence-corrected chi connectivity index (χ0v) is 18.3. The van der Waals surface area contributed by atoms with Crippen molar-refractivity contribution in [3.8, 4) is 21.1 Å². The van der Waals surface area contributed by atoms with Gasteiger partial charge in [0.05, 0.1) is 17.3 Å². The molecule has 0 aromatic carbocycles. The quantitative estimate of drug-likeness (QED) is 0.556. The van der Waals surface area contributed by atoms with Gasteiger partial charge in [-0.15, -0.1) is 11.3 Å². The minimum Gasteiger partial charge on any atom is -0.393 e. The molecule has 4 rings (SSSR count). The molecule has 3 aromatic rings. The van der Waals surface area contributed by atoms with Crippen molar-refractivity contribution in [2.75, 3.05) is 17.1 Å². The van der Waals surface area contributed by atoms with Gasteiger partial charge in [-0.1, -0.05) is 5.16 Å². The van der Waals surface area contributed by atoms with Gasteiger partial charge in [0, 0.05) is 37.1 Å². The summed E-state index contributed by atoms with van der Waals surface area (Å²) in [5.41, 5.74) is 2.48. The van der Waals surface area contributed by atoms with Crippen molar-refractivity contribution in [1.82, 2.24) is 19.9 Å². The lowest BCUT2D eigenvalue weighted by Crippen LogP contribution is -2.38. The van der Waals surface area contributed by atoms with E-state index in [-0.39, 0.29) is 18.5 Å². The minimum atomic E-state index is -3.49. The molecule has 1 aliphatic rings. The summed E-state index contributed by atoms with van der Waals surface area (Å²) in [5, 5.41) is 5.01. The molecule has 1 aliphatic heterocycles. The van der Waals surface area contributed by atoms with Crippen LogP contribution in [0.15, 0.2) is 42.1 Å². The number of anilines is 1. The lowest BCUT2D eigenvalue weighted by Gasteiger charge is -2.28. The summed E-state index contributed by atoms with van der Waals surface area (Å²) in [6.07, 6.45) is 8.18. The van der Waals surface area contributed by atoms with Gasteiger partial charge < -0.3 is 4.84 Å². The number of nitrogens with zero attached hydrogens (tertiary/aromatic N) is 6. The highest BCUT2D eigenvalue weighted by molar-refractivity contribution is 7.92. The summed E-state index contributed by atoms with van der Waals surface area (Å²) in [6, 6.07) is 3.79. The van der Waals surface area contributed by atoms with E-state index in [0.717, 1.165) is 21.7 Å². The number of sulfonamides is 1. The standard InChI is InChI=1S/C19H20N6O3S2/c1-12(2)28-24-14-6-8-25(30(3,26)27)18-17(14)23-15(10-21-18)16-11-22-19(29-16)13-5-4-7-20-9-13/h4-5,7,9-12H,6,8H2,1-3H3/b24-14+. The van der Waals surface area contributed by atoms with Gasteiger partial charge in [-0.3, -0.25) is 9.29 Å². The lowest BCUT2D eigenvalue weighted by atomic mass is 10.1. The van der Waals surface area contributed by atoms with Crippen LogP contribution in [0.2, 0.25) is 0 Å². The van der Waals surface area contributed by atoms with Crippen LogP contribution in [0.5, 0.6) is 0 Å². The van der Waals surface area contributed by atoms with Crippen LogP contribution in [0.25, 0.3) is 21.1 Å². The highest BCUT2D eigenvalue weighted by Crippen LogP contribution is 2.33. The average Bonchev–Trinajstić information content (AvgIpc) is 3.21. The zero-order chi connectivity index (χ0) is 21.3. The second kappa shape index (κ2) is 8.07. The van der Waals surface area contributed by atoms with Crippen molar-refractivity contribution in [2.24, 2.45) is 5.16 Å². The van der Waals surface area contributed by atoms with E-state index in [2.05, 4.69) is 25.1 Å². The summed E-state index contributed by atoms with van der Waals surface area (Å²) < 4.78 is 25.7. The maximum absolute atomic E-state index is 12.2. The molecule has 30 heavy (non-hydrogen) atoms. The maximum atomic E-state index is 12.2. The monoisotopic (exact) mass is 444 g/mol. The predicted octanol–water partition coefficient (Wildman–Crippen LogP) is 2.96. The van der Waals surface area contributed by atoms with Gasteiger partial charge in [-0.05, 0) is 26.0 Å². The predicted molar refractivity (Wildman–Crippen MR) is 116 cm³/mol. The second-order valence-corrected chi connectivity index (χ2v) is 9.91. The fourth-order valence-corrected chi connectivity index (χ4v) is 4.64. The number of oxime groups is 1. The topological polar surface area (TPSA) is 111 Å². The molecular formula is C19H20N6O3S2. The lowest BCUT2D eigenvalue weighted by molar-refractivity contribution is 0.0855. The van der Waals surface area contributed by atoms with E-state index in [1.54, 1.807) is 24.8 Å². The van der Waals surface area contributed by atoms with Gasteiger partial charge in [0.25, 0.3) is 0 Å². The van der Waals surface area contributed by atoms with Crippen LogP contribution in [0.3, 0.4) is 0 Å². The summed E-state index contributed by atoms with van der Waals surface area (Å²) in [4.78, 5) is 23.9. The Hall–Kier alpha value is -2.92. The van der Waals surface area contributed by atoms with Gasteiger partial charge in [0.2, 0.25) is 10.0 Å². The van der Waals surface area contributed by atoms with Crippen molar-refractivity contribution in [3.63, 3.8) is 0 Å². The number of pyridine rings is 1. The first-order chi connectivity index (χ1) is 14.3. The Balaban J connectivity index is 1.77. The summed E-state index contributed by atoms with van der Waals surface area (Å²) in [6.45, 7) is 3.98. The molecule has 0 fully saturated rings. The number of fused-ring (bicyclic) bond motifs is 1. The normalized spacial score (nSPS) is 15.5. The van der Waals surface area contributed by atoms with Crippen molar-refractivity contribution in [3.05, 3.63) is 42.6 Å². The average molecular weight is 445 g/mol. The Labute approximate surface area is 178 Å². The number of hydrogen-bond acceptors (Lipinski definition) is 9. The van der Waals surface area contributed by atoms with E-state index < -0.39 is 10.0 Å². The molecule has 0 spiro atoms. The third kappa shape index (κ3) is 4.17. The highest BCUT2D eigenvalue weighted by atomic mass is 32.2. The van der Waals surface area contributed by atoms with Crippen molar-refractivity contribution >= 4 is 32.9 Å². The molecule has 0 amide bonds. The molecule has 0 bridgehead atoms. The molecule has 0 N–H and O–H groups in total. The number of aromatic nitrogens is 4. The van der Waals surface area contributed by atoms with Gasteiger partial charge in [-0.25, -0.2) is 23.4 Å². The first-order valence-corrected chi connectivity index (χ1v) is 11.9. The van der Waals surface area contributed by atoms with E-state index in [0.29, 0.717) is 23.5 Å². The van der Waals surface area contributed by atoms with Crippen LogP contribution in [0.1, 0.15) is 26.0 Å². The molecule has 11 heteroatoms. The van der Waals surface area contributed by atoms with Gasteiger partial charge in [0.1, 0.15) is 28.2 Å². The third-order valence-corrected chi connectivity index (χ3v) is 6.48. The zero-order valence-electron chi connectivity index (χ0n) is 16.7. The first-order valence-electron chi connectivity index (χ1n) is 9.27. The van der Waals surface area contributed by atoms with Crippen LogP contribution < -0.4 is 4.31 Å². The van der Waals surface area contributed by atoms with Gasteiger partial charge >= 0.3 is 0 Å². The van der Waals surface area contributed by atoms with E-state index >= 15 is 0 Å². The van der Waals surface area contributed by atoms with Crippen molar-refractivity contribution in [1.29, 1.82) is 0 Å². The number of hydrogen-bond donors (Lipinski definition) is 0. The third-order valence-electron chi connectivity index (χ3n) is 4.26. The molecule has 0 saturated carbocycles. The molecule has 0 saturated heterocycles. The van der Waals surface area contributed by atoms with Crippen LogP contribution >= 0.6 is 11.3 Å². The fourth-order valence-electron chi connectivity index (χ4n) is 2.91. The van der Waals surface area contributed by atoms with Crippen LogP contribution in [-0.2, 0) is 14.9 Å². The highest BCUT2D eigenvalue weighted by Gasteiger charge is 2.31. The summed E-state index contributed by atoms with van der Waals surface area (Å²) in [5.74, 6) is 0.260. The summed E-state index contributed by atoms with van der Waals surface area (Å²) >= 11 is 1.46. The fraction of sp³-hybridized carbons (Fsp3) is 0.316. The SMILES string of the molecule is CC(C)O/N=C1\CCN(S(C)(=O)=O)c2ncc(-c3cnc(-c4cccnc4)s3)nc21. The molecule has 0 radical (unpaired) electrons. The molecule has 0 aliphatic carbocycles. The second-order valence-electron chi connectivity index (χ2n) is 6.98. The van der Waals surface area contributed by atoms with Crippen LogP contribution in [-0.4, -0.2) is 53.0 Å². The number of thiazole rings is 1. The van der Waals surface area contributed by atoms with E-state index in [4.69, 9.17) is 4.84 Å². The van der Waals surface area contributed by atoms with Crippen molar-refractivity contribution < 1.29 is 13.3 Å². The number of rotatable bonds is 5. The molecule has 3 aromatic heterocycles. The Morgan fingerprint density at radius 3 is 2.77 bits per heavy atom. The minimum absolute atomic E-state index is 0.103. The Kier molecular flexibility index (Phi) is 5.48. The molecular weight excluding hydrogens is 424 g/mol. The van der Waals surface area contributed by atoms with Gasteiger partial charge in [-0.2, -0.15) is 0 Å². The van der Waals surface area contributed by atoms with Gasteiger partial charge in [0.15, 0.2) is 5.82 Å². The maximum Gasteiger partial charge on any atom is 0.233 e.